The Morgan fingerprint density at radius 1 is 1.33 bits per heavy atom. The van der Waals surface area contributed by atoms with Crippen molar-refractivity contribution in [3.8, 4) is 0 Å². The third-order valence-corrected chi connectivity index (χ3v) is 5.51. The molecule has 0 aromatic carbocycles. The quantitative estimate of drug-likeness (QED) is 0.875. The van der Waals surface area contributed by atoms with E-state index in [1.54, 1.807) is 0 Å². The second kappa shape index (κ2) is 4.94. The van der Waals surface area contributed by atoms with Gasteiger partial charge in [0.25, 0.3) is 0 Å². The summed E-state index contributed by atoms with van der Waals surface area (Å²) in [6.07, 6.45) is 3.09. The maximum atomic E-state index is 4.34. The van der Waals surface area contributed by atoms with E-state index in [9.17, 15) is 0 Å². The minimum atomic E-state index is 0.423. The van der Waals surface area contributed by atoms with Crippen LogP contribution in [0.25, 0.3) is 0 Å². The fraction of sp³-hybridized carbons (Fsp3) is 0.357. The van der Waals surface area contributed by atoms with Crippen LogP contribution in [-0.4, -0.2) is 10.2 Å². The highest BCUT2D eigenvalue weighted by atomic mass is 32.2. The molecule has 2 nitrogen and oxygen atoms in total. The molecule has 0 spiro atoms. The van der Waals surface area contributed by atoms with Gasteiger partial charge in [-0.15, -0.1) is 23.1 Å². The lowest BCUT2D eigenvalue weighted by molar-refractivity contribution is 0.669. The van der Waals surface area contributed by atoms with Gasteiger partial charge < -0.3 is 5.32 Å². The highest BCUT2D eigenvalue weighted by molar-refractivity contribution is 8.01. The van der Waals surface area contributed by atoms with Gasteiger partial charge in [0.15, 0.2) is 0 Å². The molecule has 0 radical (unpaired) electrons. The smallest absolute Gasteiger partial charge is 0.0653 e. The van der Waals surface area contributed by atoms with Gasteiger partial charge >= 0.3 is 0 Å². The lowest BCUT2D eigenvalue weighted by atomic mass is 10.0. The molecule has 1 aliphatic heterocycles. The molecule has 1 aliphatic rings. The summed E-state index contributed by atoms with van der Waals surface area (Å²) in [6.45, 7) is 4.31. The standard InChI is InChI=1S/C14H16N2S2/c1-9-3-4-11(8-15-9)16-13-7-10(2)18-14-12(13)5-6-17-14/h3-6,8,10,13,16H,7H2,1-2H3/t10-,13?/m0/s1. The first-order valence-corrected chi connectivity index (χ1v) is 7.91. The average Bonchev–Trinajstić information content (AvgIpc) is 2.80. The molecule has 18 heavy (non-hydrogen) atoms. The van der Waals surface area contributed by atoms with Crippen molar-refractivity contribution in [1.82, 2.24) is 4.98 Å². The highest BCUT2D eigenvalue weighted by Crippen LogP contribution is 2.44. The van der Waals surface area contributed by atoms with E-state index < -0.39 is 0 Å². The summed E-state index contributed by atoms with van der Waals surface area (Å²) in [5.41, 5.74) is 3.62. The average molecular weight is 276 g/mol. The first-order valence-electron chi connectivity index (χ1n) is 6.15. The monoisotopic (exact) mass is 276 g/mol. The molecular formula is C14H16N2S2. The molecule has 2 aromatic rings. The van der Waals surface area contributed by atoms with Crippen LogP contribution >= 0.6 is 23.1 Å². The molecule has 3 heterocycles. The van der Waals surface area contributed by atoms with Gasteiger partial charge in [-0.3, -0.25) is 4.98 Å². The minimum absolute atomic E-state index is 0.423. The molecule has 0 bridgehead atoms. The van der Waals surface area contributed by atoms with Gasteiger partial charge in [-0.05, 0) is 42.5 Å². The number of thiophene rings is 1. The van der Waals surface area contributed by atoms with Crippen LogP contribution in [0.2, 0.25) is 0 Å². The zero-order valence-electron chi connectivity index (χ0n) is 10.5. The molecule has 0 amide bonds. The number of aromatic nitrogens is 1. The summed E-state index contributed by atoms with van der Waals surface area (Å²) >= 11 is 3.85. The summed E-state index contributed by atoms with van der Waals surface area (Å²) < 4.78 is 1.46. The summed E-state index contributed by atoms with van der Waals surface area (Å²) in [6, 6.07) is 6.84. The molecule has 0 fully saturated rings. The summed E-state index contributed by atoms with van der Waals surface area (Å²) in [7, 11) is 0. The number of anilines is 1. The van der Waals surface area contributed by atoms with Crippen molar-refractivity contribution in [1.29, 1.82) is 0 Å². The molecule has 4 heteroatoms. The molecule has 0 saturated heterocycles. The van der Waals surface area contributed by atoms with Crippen molar-refractivity contribution in [2.75, 3.05) is 5.32 Å². The second-order valence-electron chi connectivity index (χ2n) is 4.71. The predicted molar refractivity (Wildman–Crippen MR) is 79.6 cm³/mol. The van der Waals surface area contributed by atoms with E-state index in [0.29, 0.717) is 11.3 Å². The van der Waals surface area contributed by atoms with Crippen LogP contribution in [0, 0.1) is 6.92 Å². The summed E-state index contributed by atoms with van der Waals surface area (Å²) in [5, 5.41) is 6.48. The number of aryl methyl sites for hydroxylation is 1. The normalized spacial score (nSPS) is 22.6. The summed E-state index contributed by atoms with van der Waals surface area (Å²) in [5.74, 6) is 0. The molecular weight excluding hydrogens is 260 g/mol. The molecule has 1 unspecified atom stereocenters. The van der Waals surface area contributed by atoms with E-state index in [-0.39, 0.29) is 0 Å². The number of pyridine rings is 1. The third-order valence-electron chi connectivity index (χ3n) is 3.16. The number of nitrogens with one attached hydrogen (secondary N) is 1. The fourth-order valence-corrected chi connectivity index (χ4v) is 4.81. The maximum absolute atomic E-state index is 4.34. The molecule has 2 aromatic heterocycles. The molecule has 0 aliphatic carbocycles. The summed E-state index contributed by atoms with van der Waals surface area (Å²) in [4.78, 5) is 4.34. The van der Waals surface area contributed by atoms with E-state index in [0.717, 1.165) is 11.4 Å². The molecule has 0 saturated carbocycles. The van der Waals surface area contributed by atoms with Crippen molar-refractivity contribution < 1.29 is 0 Å². The van der Waals surface area contributed by atoms with Crippen LogP contribution in [0.3, 0.4) is 0 Å². The predicted octanol–water partition coefficient (Wildman–Crippen LogP) is 4.49. The molecule has 2 atom stereocenters. The van der Waals surface area contributed by atoms with Gasteiger partial charge in [-0.1, -0.05) is 6.92 Å². The van der Waals surface area contributed by atoms with Gasteiger partial charge in [0.1, 0.15) is 0 Å². The van der Waals surface area contributed by atoms with Gasteiger partial charge in [0.05, 0.1) is 22.1 Å². The largest absolute Gasteiger partial charge is 0.377 e. The molecule has 94 valence electrons. The molecule has 1 N–H and O–H groups in total. The van der Waals surface area contributed by atoms with Crippen molar-refractivity contribution in [3.63, 3.8) is 0 Å². The maximum Gasteiger partial charge on any atom is 0.0653 e. The Hall–Kier alpha value is -1.00. The van der Waals surface area contributed by atoms with E-state index in [2.05, 4.69) is 40.8 Å². The van der Waals surface area contributed by atoms with Crippen LogP contribution in [0.5, 0.6) is 0 Å². The lowest BCUT2D eigenvalue weighted by Gasteiger charge is -2.28. The number of fused-ring (bicyclic) bond motifs is 1. The number of hydrogen-bond acceptors (Lipinski definition) is 4. The Balaban J connectivity index is 1.83. The number of thioether (sulfide) groups is 1. The topological polar surface area (TPSA) is 24.9 Å². The first kappa shape index (κ1) is 12.1. The zero-order valence-corrected chi connectivity index (χ0v) is 12.1. The van der Waals surface area contributed by atoms with Crippen molar-refractivity contribution in [3.05, 3.63) is 41.0 Å². The fourth-order valence-electron chi connectivity index (χ4n) is 2.24. The third kappa shape index (κ3) is 2.40. The van der Waals surface area contributed by atoms with Gasteiger partial charge in [0.2, 0.25) is 0 Å². The minimum Gasteiger partial charge on any atom is -0.377 e. The second-order valence-corrected chi connectivity index (χ2v) is 7.34. The van der Waals surface area contributed by atoms with E-state index in [1.165, 1.54) is 16.2 Å². The van der Waals surface area contributed by atoms with Crippen molar-refractivity contribution in [2.45, 2.75) is 35.8 Å². The Kier molecular flexibility index (Phi) is 3.31. The number of rotatable bonds is 2. The van der Waals surface area contributed by atoms with Gasteiger partial charge in [-0.25, -0.2) is 0 Å². The Bertz CT molecular complexity index is 533. The van der Waals surface area contributed by atoms with Crippen LogP contribution in [0.4, 0.5) is 5.69 Å². The van der Waals surface area contributed by atoms with Crippen LogP contribution in [-0.2, 0) is 0 Å². The lowest BCUT2D eigenvalue weighted by Crippen LogP contribution is -2.19. The van der Waals surface area contributed by atoms with Gasteiger partial charge in [0, 0.05) is 10.9 Å². The highest BCUT2D eigenvalue weighted by Gasteiger charge is 2.26. The van der Waals surface area contributed by atoms with Gasteiger partial charge in [-0.2, -0.15) is 0 Å². The first-order chi connectivity index (χ1) is 8.72. The number of hydrogen-bond donors (Lipinski definition) is 1. The van der Waals surface area contributed by atoms with E-state index in [4.69, 9.17) is 0 Å². The zero-order chi connectivity index (χ0) is 12.5. The van der Waals surface area contributed by atoms with E-state index in [1.807, 2.05) is 36.2 Å². The van der Waals surface area contributed by atoms with Crippen LogP contribution in [0.1, 0.15) is 30.6 Å². The Morgan fingerprint density at radius 3 is 3.00 bits per heavy atom. The van der Waals surface area contributed by atoms with Crippen LogP contribution in [0.15, 0.2) is 34.0 Å². The molecule has 3 rings (SSSR count). The Labute approximate surface area is 116 Å². The Morgan fingerprint density at radius 2 is 2.22 bits per heavy atom. The van der Waals surface area contributed by atoms with Crippen molar-refractivity contribution >= 4 is 28.8 Å². The SMILES string of the molecule is Cc1ccc(NC2C[C@H](C)Sc3sccc32)cn1. The number of nitrogens with zero attached hydrogens (tertiary/aromatic N) is 1. The van der Waals surface area contributed by atoms with Crippen LogP contribution < -0.4 is 5.32 Å². The van der Waals surface area contributed by atoms with Crippen molar-refractivity contribution in [2.24, 2.45) is 0 Å². The van der Waals surface area contributed by atoms with E-state index >= 15 is 0 Å².